The molecule has 0 heterocycles. The lowest BCUT2D eigenvalue weighted by atomic mass is 10.3. The van der Waals surface area contributed by atoms with Gasteiger partial charge in [-0.15, -0.1) is 0 Å². The van der Waals surface area contributed by atoms with E-state index in [1.807, 2.05) is 14.1 Å². The molecule has 0 saturated heterocycles. The second-order valence-corrected chi connectivity index (χ2v) is 4.37. The summed E-state index contributed by atoms with van der Waals surface area (Å²) in [6, 6.07) is 0. The maximum Gasteiger partial charge on any atom is 0.277 e. The number of aliphatic hydroxyl groups is 3. The highest BCUT2D eigenvalue weighted by Crippen LogP contribution is 1.99. The second-order valence-electron chi connectivity index (χ2n) is 4.37. The van der Waals surface area contributed by atoms with Gasteiger partial charge in [-0.2, -0.15) is 0 Å². The third-order valence-electron chi connectivity index (χ3n) is 2.36. The fraction of sp³-hybridized carbons (Fsp3) is 0.900. The summed E-state index contributed by atoms with van der Waals surface area (Å²) in [5, 5.41) is 26.4. The average Bonchev–Trinajstić information content (AvgIpc) is 2.16. The zero-order valence-electron chi connectivity index (χ0n) is 10.1. The van der Waals surface area contributed by atoms with Crippen molar-refractivity contribution in [1.82, 2.24) is 4.90 Å². The molecule has 1 amide bonds. The molecule has 0 rings (SSSR count). The third kappa shape index (κ3) is 6.02. The lowest BCUT2D eigenvalue weighted by Crippen LogP contribution is -2.51. The molecule has 0 aromatic rings. The molecule has 6 heteroatoms. The van der Waals surface area contributed by atoms with Crippen LogP contribution >= 0.6 is 0 Å². The summed E-state index contributed by atoms with van der Waals surface area (Å²) in [7, 11) is 3.70. The van der Waals surface area contributed by atoms with Gasteiger partial charge in [0.05, 0.1) is 33.9 Å². The number of quaternary nitrogens is 1. The van der Waals surface area contributed by atoms with E-state index in [0.717, 1.165) is 0 Å². The van der Waals surface area contributed by atoms with Crippen molar-refractivity contribution in [3.63, 3.8) is 0 Å². The van der Waals surface area contributed by atoms with Gasteiger partial charge in [0.15, 0.2) is 6.54 Å². The van der Waals surface area contributed by atoms with Crippen molar-refractivity contribution in [2.75, 3.05) is 60.1 Å². The van der Waals surface area contributed by atoms with Gasteiger partial charge in [0, 0.05) is 13.1 Å². The Labute approximate surface area is 96.3 Å². The number of rotatable bonds is 8. The molecular weight excluding hydrogens is 212 g/mol. The van der Waals surface area contributed by atoms with E-state index in [2.05, 4.69) is 0 Å². The molecule has 0 unspecified atom stereocenters. The van der Waals surface area contributed by atoms with E-state index in [-0.39, 0.29) is 45.4 Å². The highest BCUT2D eigenvalue weighted by Gasteiger charge is 2.23. The summed E-state index contributed by atoms with van der Waals surface area (Å²) in [4.78, 5) is 13.2. The topological polar surface area (TPSA) is 81.0 Å². The Morgan fingerprint density at radius 2 is 1.56 bits per heavy atom. The van der Waals surface area contributed by atoms with Crippen LogP contribution in [-0.2, 0) is 4.79 Å². The van der Waals surface area contributed by atoms with E-state index in [4.69, 9.17) is 15.3 Å². The first-order valence-corrected chi connectivity index (χ1v) is 5.39. The molecule has 0 aliphatic carbocycles. The standard InChI is InChI=1S/C10H23N2O4/c1-12(2,5-8-15)9-10(16)11(3-6-13)4-7-14/h13-15H,3-9H2,1-2H3/q+1. The molecule has 0 aromatic heterocycles. The molecule has 0 bridgehead atoms. The van der Waals surface area contributed by atoms with Crippen LogP contribution in [0.25, 0.3) is 0 Å². The summed E-state index contributed by atoms with van der Waals surface area (Å²) < 4.78 is 0.392. The first-order chi connectivity index (χ1) is 7.46. The van der Waals surface area contributed by atoms with E-state index in [1.54, 1.807) is 0 Å². The van der Waals surface area contributed by atoms with Gasteiger partial charge in [-0.3, -0.25) is 4.79 Å². The van der Waals surface area contributed by atoms with Crippen LogP contribution in [0.4, 0.5) is 0 Å². The van der Waals surface area contributed by atoms with Gasteiger partial charge in [-0.1, -0.05) is 0 Å². The van der Waals surface area contributed by atoms with E-state index < -0.39 is 0 Å². The predicted octanol–water partition coefficient (Wildman–Crippen LogP) is -2.13. The van der Waals surface area contributed by atoms with Crippen molar-refractivity contribution in [2.45, 2.75) is 0 Å². The lowest BCUT2D eigenvalue weighted by Gasteiger charge is -2.31. The molecule has 0 fully saturated rings. The fourth-order valence-electron chi connectivity index (χ4n) is 1.42. The minimum Gasteiger partial charge on any atom is -0.395 e. The van der Waals surface area contributed by atoms with E-state index in [1.165, 1.54) is 4.90 Å². The molecule has 96 valence electrons. The molecule has 0 radical (unpaired) electrons. The quantitative estimate of drug-likeness (QED) is 0.420. The largest absolute Gasteiger partial charge is 0.395 e. The van der Waals surface area contributed by atoms with Gasteiger partial charge in [0.2, 0.25) is 0 Å². The number of hydrogen-bond donors (Lipinski definition) is 3. The van der Waals surface area contributed by atoms with Crippen molar-refractivity contribution in [2.24, 2.45) is 0 Å². The Balaban J connectivity index is 4.27. The van der Waals surface area contributed by atoms with Crippen LogP contribution in [0.2, 0.25) is 0 Å². The first kappa shape index (κ1) is 15.3. The highest BCUT2D eigenvalue weighted by atomic mass is 16.3. The SMILES string of the molecule is C[N+](C)(CCO)CC(=O)N(CCO)CCO. The molecule has 0 aliphatic heterocycles. The van der Waals surface area contributed by atoms with Crippen LogP contribution in [-0.4, -0.2) is 90.7 Å². The van der Waals surface area contributed by atoms with Crippen molar-refractivity contribution in [3.8, 4) is 0 Å². The average molecular weight is 235 g/mol. The normalized spacial score (nSPS) is 11.6. The summed E-state index contributed by atoms with van der Waals surface area (Å²) in [5.41, 5.74) is 0. The Kier molecular flexibility index (Phi) is 7.24. The zero-order valence-corrected chi connectivity index (χ0v) is 10.1. The van der Waals surface area contributed by atoms with Crippen LogP contribution in [0.5, 0.6) is 0 Å². The van der Waals surface area contributed by atoms with Crippen LogP contribution in [0.3, 0.4) is 0 Å². The predicted molar refractivity (Wildman–Crippen MR) is 59.7 cm³/mol. The summed E-state index contributed by atoms with van der Waals surface area (Å²) in [6.07, 6.45) is 0. The van der Waals surface area contributed by atoms with Crippen molar-refractivity contribution in [3.05, 3.63) is 0 Å². The monoisotopic (exact) mass is 235 g/mol. The van der Waals surface area contributed by atoms with Gasteiger partial charge in [0.1, 0.15) is 6.54 Å². The number of aliphatic hydroxyl groups excluding tert-OH is 3. The number of amides is 1. The summed E-state index contributed by atoms with van der Waals surface area (Å²) in [5.74, 6) is -0.124. The fourth-order valence-corrected chi connectivity index (χ4v) is 1.42. The summed E-state index contributed by atoms with van der Waals surface area (Å²) >= 11 is 0. The van der Waals surface area contributed by atoms with Gasteiger partial charge in [-0.05, 0) is 0 Å². The van der Waals surface area contributed by atoms with Crippen molar-refractivity contribution in [1.29, 1.82) is 0 Å². The Morgan fingerprint density at radius 1 is 1.06 bits per heavy atom. The van der Waals surface area contributed by atoms with E-state index >= 15 is 0 Å². The maximum absolute atomic E-state index is 11.8. The third-order valence-corrected chi connectivity index (χ3v) is 2.36. The maximum atomic E-state index is 11.8. The van der Waals surface area contributed by atoms with Crippen molar-refractivity contribution >= 4 is 5.91 Å². The van der Waals surface area contributed by atoms with Crippen LogP contribution in [0.15, 0.2) is 0 Å². The molecule has 16 heavy (non-hydrogen) atoms. The Hall–Kier alpha value is -0.690. The van der Waals surface area contributed by atoms with Crippen LogP contribution < -0.4 is 0 Å². The summed E-state index contributed by atoms with van der Waals surface area (Å²) in [6.45, 7) is 1.02. The Morgan fingerprint density at radius 3 is 1.94 bits per heavy atom. The van der Waals surface area contributed by atoms with Crippen molar-refractivity contribution < 1.29 is 24.6 Å². The first-order valence-electron chi connectivity index (χ1n) is 5.39. The molecule has 0 aromatic carbocycles. The lowest BCUT2D eigenvalue weighted by molar-refractivity contribution is -0.883. The second kappa shape index (κ2) is 7.56. The molecule has 3 N–H and O–H groups in total. The minimum absolute atomic E-state index is 0.0281. The molecule has 6 nitrogen and oxygen atoms in total. The molecule has 0 atom stereocenters. The molecule has 0 aliphatic rings. The number of nitrogens with zero attached hydrogens (tertiary/aromatic N) is 2. The van der Waals surface area contributed by atoms with E-state index in [9.17, 15) is 4.79 Å². The smallest absolute Gasteiger partial charge is 0.277 e. The van der Waals surface area contributed by atoms with Gasteiger partial charge in [0.25, 0.3) is 5.91 Å². The van der Waals surface area contributed by atoms with Crippen LogP contribution in [0.1, 0.15) is 0 Å². The number of carbonyl (C=O) groups excluding carboxylic acids is 1. The van der Waals surface area contributed by atoms with Crippen LogP contribution in [0, 0.1) is 0 Å². The van der Waals surface area contributed by atoms with Gasteiger partial charge >= 0.3 is 0 Å². The molecule has 0 saturated carbocycles. The number of hydrogen-bond acceptors (Lipinski definition) is 4. The number of carbonyl (C=O) groups is 1. The van der Waals surface area contributed by atoms with E-state index in [0.29, 0.717) is 11.0 Å². The highest BCUT2D eigenvalue weighted by molar-refractivity contribution is 5.77. The van der Waals surface area contributed by atoms with Gasteiger partial charge < -0.3 is 24.7 Å². The minimum atomic E-state index is -0.124. The zero-order chi connectivity index (χ0) is 12.6. The molecular formula is C10H23N2O4+. The number of likely N-dealkylation sites (N-methyl/N-ethyl adjacent to an activating group) is 1. The molecule has 0 spiro atoms. The Bertz CT molecular complexity index is 203. The van der Waals surface area contributed by atoms with Gasteiger partial charge in [-0.25, -0.2) is 0 Å².